The largest absolute Gasteiger partial charge is 0.365 e. The Hall–Kier alpha value is -2.43. The Kier molecular flexibility index (Phi) is 3.71. The number of carbonyl (C=O) groups excluding carboxylic acids is 1. The van der Waals surface area contributed by atoms with Crippen molar-refractivity contribution >= 4 is 17.3 Å². The number of nitrogens with zero attached hydrogens (tertiary/aromatic N) is 4. The predicted octanol–water partition coefficient (Wildman–Crippen LogP) is 3.23. The van der Waals surface area contributed by atoms with Gasteiger partial charge in [-0.3, -0.25) is 4.79 Å². The minimum atomic E-state index is 0.00203. The molecule has 24 heavy (non-hydrogen) atoms. The number of benzene rings is 1. The molecule has 0 atom stereocenters. The molecule has 1 aromatic carbocycles. The first-order chi connectivity index (χ1) is 11.7. The van der Waals surface area contributed by atoms with Crippen LogP contribution in [0, 0.1) is 0 Å². The number of fused-ring (bicyclic) bond motifs is 1. The average Bonchev–Trinajstić information content (AvgIpc) is 3.45. The summed E-state index contributed by atoms with van der Waals surface area (Å²) in [6, 6.07) is 8.86. The topological polar surface area (TPSA) is 49.3 Å². The molecule has 0 bridgehead atoms. The number of carbonyl (C=O) groups is 1. The molecule has 0 N–H and O–H groups in total. The summed E-state index contributed by atoms with van der Waals surface area (Å²) in [5.74, 6) is 0.192. The van der Waals surface area contributed by atoms with Gasteiger partial charge in [-0.15, -0.1) is 0 Å². The minimum absolute atomic E-state index is 0.00203. The smallest absolute Gasteiger partial charge is 0.261 e. The van der Waals surface area contributed by atoms with Gasteiger partial charge in [-0.05, 0) is 30.9 Å². The van der Waals surface area contributed by atoms with E-state index >= 15 is 0 Å². The van der Waals surface area contributed by atoms with Gasteiger partial charge >= 0.3 is 0 Å². The Morgan fingerprint density at radius 1 is 1.17 bits per heavy atom. The number of rotatable bonds is 3. The van der Waals surface area contributed by atoms with Crippen LogP contribution < -0.4 is 9.80 Å². The van der Waals surface area contributed by atoms with Crippen LogP contribution in [-0.4, -0.2) is 35.0 Å². The standard InChI is InChI=1S/C19H22N4O/c1-13(2)18-15(11-20-12-21-18)19(24)23-10-9-22(14-7-8-14)16-5-3-4-6-17(16)23/h3-6,11-14H,7-10H2,1-2H3. The van der Waals surface area contributed by atoms with E-state index in [9.17, 15) is 4.79 Å². The van der Waals surface area contributed by atoms with Crippen LogP contribution in [0.15, 0.2) is 36.8 Å². The Labute approximate surface area is 142 Å². The monoisotopic (exact) mass is 322 g/mol. The van der Waals surface area contributed by atoms with Crippen molar-refractivity contribution in [2.24, 2.45) is 0 Å². The minimum Gasteiger partial charge on any atom is -0.365 e. The van der Waals surface area contributed by atoms with Gasteiger partial charge in [-0.1, -0.05) is 26.0 Å². The summed E-state index contributed by atoms with van der Waals surface area (Å²) in [5.41, 5.74) is 3.60. The normalized spacial score (nSPS) is 17.1. The molecule has 1 saturated carbocycles. The van der Waals surface area contributed by atoms with Crippen molar-refractivity contribution in [3.8, 4) is 0 Å². The van der Waals surface area contributed by atoms with E-state index in [0.29, 0.717) is 18.2 Å². The average molecular weight is 322 g/mol. The fraction of sp³-hybridized carbons (Fsp3) is 0.421. The Morgan fingerprint density at radius 2 is 1.92 bits per heavy atom. The van der Waals surface area contributed by atoms with Crippen LogP contribution in [0.2, 0.25) is 0 Å². The number of para-hydroxylation sites is 2. The summed E-state index contributed by atoms with van der Waals surface area (Å²) in [7, 11) is 0. The highest BCUT2D eigenvalue weighted by Gasteiger charge is 2.36. The van der Waals surface area contributed by atoms with Crippen LogP contribution in [0.25, 0.3) is 0 Å². The third-order valence-corrected chi connectivity index (χ3v) is 4.80. The van der Waals surface area contributed by atoms with Crippen LogP contribution in [0.4, 0.5) is 11.4 Å². The quantitative estimate of drug-likeness (QED) is 0.870. The molecule has 1 aliphatic carbocycles. The summed E-state index contributed by atoms with van der Waals surface area (Å²) in [6.07, 6.45) is 5.68. The van der Waals surface area contributed by atoms with E-state index in [1.807, 2.05) is 23.1 Å². The highest BCUT2D eigenvalue weighted by molar-refractivity contribution is 6.09. The maximum absolute atomic E-state index is 13.2. The van der Waals surface area contributed by atoms with Crippen molar-refractivity contribution in [3.05, 3.63) is 48.0 Å². The zero-order valence-electron chi connectivity index (χ0n) is 14.1. The van der Waals surface area contributed by atoms with Crippen LogP contribution in [-0.2, 0) is 0 Å². The first kappa shape index (κ1) is 15.1. The molecule has 0 spiro atoms. The molecule has 5 heteroatoms. The van der Waals surface area contributed by atoms with Gasteiger partial charge in [0.05, 0.1) is 22.6 Å². The maximum Gasteiger partial charge on any atom is 0.261 e. The Morgan fingerprint density at radius 3 is 2.62 bits per heavy atom. The van der Waals surface area contributed by atoms with E-state index in [4.69, 9.17) is 0 Å². The van der Waals surface area contributed by atoms with Crippen molar-refractivity contribution in [2.75, 3.05) is 22.9 Å². The van der Waals surface area contributed by atoms with Gasteiger partial charge in [0.15, 0.2) is 0 Å². The number of amides is 1. The van der Waals surface area contributed by atoms with Gasteiger partial charge in [0.2, 0.25) is 0 Å². The lowest BCUT2D eigenvalue weighted by Gasteiger charge is -2.38. The number of hydrogen-bond acceptors (Lipinski definition) is 4. The SMILES string of the molecule is CC(C)c1ncncc1C(=O)N1CCN(C2CC2)c2ccccc21. The van der Waals surface area contributed by atoms with E-state index in [-0.39, 0.29) is 11.8 Å². The molecule has 2 aromatic rings. The van der Waals surface area contributed by atoms with Gasteiger partial charge in [-0.25, -0.2) is 9.97 Å². The van der Waals surface area contributed by atoms with E-state index < -0.39 is 0 Å². The maximum atomic E-state index is 13.2. The number of aromatic nitrogens is 2. The lowest BCUT2D eigenvalue weighted by atomic mass is 10.0. The predicted molar refractivity (Wildman–Crippen MR) is 94.6 cm³/mol. The third-order valence-electron chi connectivity index (χ3n) is 4.80. The zero-order chi connectivity index (χ0) is 16.7. The fourth-order valence-electron chi connectivity index (χ4n) is 3.47. The van der Waals surface area contributed by atoms with E-state index in [1.54, 1.807) is 6.20 Å². The zero-order valence-corrected chi connectivity index (χ0v) is 14.1. The van der Waals surface area contributed by atoms with Crippen molar-refractivity contribution in [1.82, 2.24) is 9.97 Å². The van der Waals surface area contributed by atoms with E-state index in [1.165, 1.54) is 24.9 Å². The molecule has 1 fully saturated rings. The molecule has 4 rings (SSSR count). The Bertz CT molecular complexity index is 769. The molecule has 124 valence electrons. The highest BCUT2D eigenvalue weighted by atomic mass is 16.2. The molecular formula is C19H22N4O. The molecule has 0 saturated heterocycles. The van der Waals surface area contributed by atoms with Gasteiger partial charge in [0, 0.05) is 25.3 Å². The van der Waals surface area contributed by atoms with Crippen molar-refractivity contribution in [3.63, 3.8) is 0 Å². The second kappa shape index (κ2) is 5.89. The molecule has 2 aliphatic rings. The summed E-state index contributed by atoms with van der Waals surface area (Å²) in [6.45, 7) is 5.70. The van der Waals surface area contributed by atoms with Crippen molar-refractivity contribution in [2.45, 2.75) is 38.6 Å². The van der Waals surface area contributed by atoms with Crippen LogP contribution in [0.3, 0.4) is 0 Å². The second-order valence-corrected chi connectivity index (χ2v) is 6.85. The molecule has 5 nitrogen and oxygen atoms in total. The number of hydrogen-bond donors (Lipinski definition) is 0. The summed E-state index contributed by atoms with van der Waals surface area (Å²) >= 11 is 0. The van der Waals surface area contributed by atoms with Crippen molar-refractivity contribution in [1.29, 1.82) is 0 Å². The van der Waals surface area contributed by atoms with E-state index in [0.717, 1.165) is 17.9 Å². The Balaban J connectivity index is 1.72. The first-order valence-electron chi connectivity index (χ1n) is 8.64. The van der Waals surface area contributed by atoms with Gasteiger partial charge in [0.25, 0.3) is 5.91 Å². The van der Waals surface area contributed by atoms with Crippen LogP contribution in [0.5, 0.6) is 0 Å². The molecule has 2 heterocycles. The van der Waals surface area contributed by atoms with Crippen LogP contribution >= 0.6 is 0 Å². The highest BCUT2D eigenvalue weighted by Crippen LogP contribution is 2.40. The van der Waals surface area contributed by atoms with Crippen molar-refractivity contribution < 1.29 is 4.79 Å². The lowest BCUT2D eigenvalue weighted by Crippen LogP contribution is -2.45. The molecular weight excluding hydrogens is 300 g/mol. The molecule has 0 unspecified atom stereocenters. The third kappa shape index (κ3) is 2.54. The molecule has 0 radical (unpaired) electrons. The summed E-state index contributed by atoms with van der Waals surface area (Å²) in [4.78, 5) is 26.0. The van der Waals surface area contributed by atoms with Gasteiger partial charge in [-0.2, -0.15) is 0 Å². The second-order valence-electron chi connectivity index (χ2n) is 6.85. The number of anilines is 2. The molecule has 1 aromatic heterocycles. The summed E-state index contributed by atoms with van der Waals surface area (Å²) < 4.78 is 0. The van der Waals surface area contributed by atoms with Gasteiger partial charge < -0.3 is 9.80 Å². The molecule has 1 amide bonds. The molecule has 1 aliphatic heterocycles. The first-order valence-corrected chi connectivity index (χ1v) is 8.64. The van der Waals surface area contributed by atoms with Crippen LogP contribution in [0.1, 0.15) is 48.7 Å². The summed E-state index contributed by atoms with van der Waals surface area (Å²) in [5, 5.41) is 0. The van der Waals surface area contributed by atoms with E-state index in [2.05, 4.69) is 34.8 Å². The lowest BCUT2D eigenvalue weighted by molar-refractivity contribution is 0.0984. The fourth-order valence-corrected chi connectivity index (χ4v) is 3.47. The van der Waals surface area contributed by atoms with Gasteiger partial charge in [0.1, 0.15) is 6.33 Å².